The molecule has 21 heavy (non-hydrogen) atoms. The second kappa shape index (κ2) is 11.0. The number of aryl methyl sites for hydroxylation is 2. The van der Waals surface area contributed by atoms with E-state index in [0.29, 0.717) is 12.4 Å². The molecule has 0 aliphatic rings. The number of anilines is 1. The number of likely N-dealkylation sites (N-methyl/N-ethyl adjacent to an activating group) is 1. The number of hydrogen-bond donors (Lipinski definition) is 1. The van der Waals surface area contributed by atoms with E-state index in [-0.39, 0.29) is 34.0 Å². The van der Waals surface area contributed by atoms with Crippen LogP contribution in [0.5, 0.6) is 0 Å². The summed E-state index contributed by atoms with van der Waals surface area (Å²) in [6.45, 7) is 6.99. The third kappa shape index (κ3) is 7.78. The standard InChI is InChI=1S/C14H23N3O2.2BrH/c1-6-19-14(18)16-13-12(7-8-17(4)5)10(2)9-11(3)15-13;;/h9H,6-8H2,1-5H3,(H,15,16,18);2*1H. The molecule has 0 aromatic carbocycles. The van der Waals surface area contributed by atoms with Crippen LogP contribution in [0.1, 0.15) is 23.7 Å². The van der Waals surface area contributed by atoms with Gasteiger partial charge in [-0.3, -0.25) is 5.32 Å². The van der Waals surface area contributed by atoms with E-state index >= 15 is 0 Å². The van der Waals surface area contributed by atoms with Crippen molar-refractivity contribution in [3.8, 4) is 0 Å². The fourth-order valence-electron chi connectivity index (χ4n) is 1.88. The highest BCUT2D eigenvalue weighted by Gasteiger charge is 2.12. The second-order valence-electron chi connectivity index (χ2n) is 4.81. The maximum absolute atomic E-state index is 11.5. The Bertz CT molecular complexity index is 454. The highest BCUT2D eigenvalue weighted by atomic mass is 79.9. The predicted molar refractivity (Wildman–Crippen MR) is 97.3 cm³/mol. The first-order valence-corrected chi connectivity index (χ1v) is 6.49. The first-order valence-electron chi connectivity index (χ1n) is 6.49. The average Bonchev–Trinajstić information content (AvgIpc) is 2.27. The Balaban J connectivity index is 0. The van der Waals surface area contributed by atoms with Crippen LogP contribution >= 0.6 is 34.0 Å². The molecule has 1 rings (SSSR count). The van der Waals surface area contributed by atoms with Crippen molar-refractivity contribution in [2.24, 2.45) is 0 Å². The van der Waals surface area contributed by atoms with Crippen molar-refractivity contribution in [2.75, 3.05) is 32.6 Å². The number of pyridine rings is 1. The van der Waals surface area contributed by atoms with Gasteiger partial charge in [0.2, 0.25) is 0 Å². The van der Waals surface area contributed by atoms with Gasteiger partial charge >= 0.3 is 6.09 Å². The number of nitrogens with zero attached hydrogens (tertiary/aromatic N) is 2. The van der Waals surface area contributed by atoms with Crippen LogP contribution in [0.3, 0.4) is 0 Å². The van der Waals surface area contributed by atoms with Gasteiger partial charge in [0.25, 0.3) is 0 Å². The van der Waals surface area contributed by atoms with E-state index in [9.17, 15) is 4.79 Å². The van der Waals surface area contributed by atoms with Gasteiger partial charge in [-0.25, -0.2) is 9.78 Å². The van der Waals surface area contributed by atoms with Crippen LogP contribution < -0.4 is 5.32 Å². The van der Waals surface area contributed by atoms with Crippen molar-refractivity contribution in [1.29, 1.82) is 0 Å². The van der Waals surface area contributed by atoms with Gasteiger partial charge in [0.1, 0.15) is 5.82 Å². The summed E-state index contributed by atoms with van der Waals surface area (Å²) in [6.07, 6.45) is 0.388. The van der Waals surface area contributed by atoms with Gasteiger partial charge in [0.15, 0.2) is 0 Å². The molecule has 1 amide bonds. The van der Waals surface area contributed by atoms with Crippen molar-refractivity contribution in [3.05, 3.63) is 22.9 Å². The molecule has 5 nitrogen and oxygen atoms in total. The van der Waals surface area contributed by atoms with Crippen LogP contribution in [-0.4, -0.2) is 43.2 Å². The number of ether oxygens (including phenoxy) is 1. The van der Waals surface area contributed by atoms with E-state index in [1.54, 1.807) is 6.92 Å². The van der Waals surface area contributed by atoms with Gasteiger partial charge in [-0.2, -0.15) is 0 Å². The maximum atomic E-state index is 11.5. The molecule has 0 radical (unpaired) electrons. The van der Waals surface area contributed by atoms with Crippen LogP contribution in [0.25, 0.3) is 0 Å². The zero-order chi connectivity index (χ0) is 14.4. The summed E-state index contributed by atoms with van der Waals surface area (Å²) in [5.41, 5.74) is 3.09. The lowest BCUT2D eigenvalue weighted by Crippen LogP contribution is -2.20. The molecule has 0 spiro atoms. The maximum Gasteiger partial charge on any atom is 0.412 e. The van der Waals surface area contributed by atoms with Gasteiger partial charge in [-0.15, -0.1) is 34.0 Å². The Hall–Kier alpha value is -0.660. The predicted octanol–water partition coefficient (Wildman–Crippen LogP) is 3.53. The molecule has 0 aliphatic heterocycles. The smallest absolute Gasteiger partial charge is 0.412 e. The Kier molecular flexibility index (Phi) is 11.8. The van der Waals surface area contributed by atoms with E-state index in [0.717, 1.165) is 29.8 Å². The van der Waals surface area contributed by atoms with Crippen LogP contribution in [-0.2, 0) is 11.2 Å². The Morgan fingerprint density at radius 3 is 2.48 bits per heavy atom. The molecule has 122 valence electrons. The summed E-state index contributed by atoms with van der Waals surface area (Å²) in [5.74, 6) is 0.609. The number of amides is 1. The number of aromatic nitrogens is 1. The molecular formula is C14H25Br2N3O2. The van der Waals surface area contributed by atoms with Crippen molar-refractivity contribution in [2.45, 2.75) is 27.2 Å². The Labute approximate surface area is 148 Å². The lowest BCUT2D eigenvalue weighted by atomic mass is 10.1. The number of nitrogens with one attached hydrogen (secondary N) is 1. The van der Waals surface area contributed by atoms with Gasteiger partial charge in [0.05, 0.1) is 6.61 Å². The van der Waals surface area contributed by atoms with E-state index in [1.807, 2.05) is 34.0 Å². The lowest BCUT2D eigenvalue weighted by molar-refractivity contribution is 0.168. The largest absolute Gasteiger partial charge is 0.450 e. The third-order valence-corrected chi connectivity index (χ3v) is 2.78. The van der Waals surface area contributed by atoms with Gasteiger partial charge < -0.3 is 9.64 Å². The van der Waals surface area contributed by atoms with Gasteiger partial charge in [-0.05, 0) is 58.5 Å². The van der Waals surface area contributed by atoms with E-state index in [1.165, 1.54) is 0 Å². The molecule has 0 saturated heterocycles. The molecule has 1 aromatic heterocycles. The summed E-state index contributed by atoms with van der Waals surface area (Å²) in [7, 11) is 4.05. The lowest BCUT2D eigenvalue weighted by Gasteiger charge is -2.16. The molecule has 1 aromatic rings. The second-order valence-corrected chi connectivity index (χ2v) is 4.81. The Morgan fingerprint density at radius 2 is 1.95 bits per heavy atom. The monoisotopic (exact) mass is 425 g/mol. The molecule has 0 saturated carbocycles. The fraction of sp³-hybridized carbons (Fsp3) is 0.571. The summed E-state index contributed by atoms with van der Waals surface area (Å²) < 4.78 is 4.91. The summed E-state index contributed by atoms with van der Waals surface area (Å²) >= 11 is 0. The SMILES string of the molecule is Br.Br.CCOC(=O)Nc1nc(C)cc(C)c1CCN(C)C. The van der Waals surface area contributed by atoms with Crippen molar-refractivity contribution < 1.29 is 9.53 Å². The van der Waals surface area contributed by atoms with Crippen LogP contribution in [0.2, 0.25) is 0 Å². The summed E-state index contributed by atoms with van der Waals surface area (Å²) in [4.78, 5) is 18.0. The highest BCUT2D eigenvalue weighted by molar-refractivity contribution is 8.93. The zero-order valence-electron chi connectivity index (χ0n) is 13.2. The molecule has 0 bridgehead atoms. The molecule has 0 aliphatic carbocycles. The molecule has 1 heterocycles. The minimum Gasteiger partial charge on any atom is -0.450 e. The number of carbonyl (C=O) groups is 1. The summed E-state index contributed by atoms with van der Waals surface area (Å²) in [5, 5.41) is 2.73. The van der Waals surface area contributed by atoms with E-state index < -0.39 is 6.09 Å². The van der Waals surface area contributed by atoms with E-state index in [2.05, 4.69) is 15.2 Å². The zero-order valence-corrected chi connectivity index (χ0v) is 16.7. The summed E-state index contributed by atoms with van der Waals surface area (Å²) in [6, 6.07) is 2.03. The number of halogens is 2. The average molecular weight is 427 g/mol. The minimum absolute atomic E-state index is 0. The van der Waals surface area contributed by atoms with Gasteiger partial charge in [-0.1, -0.05) is 0 Å². The number of carbonyl (C=O) groups excluding carboxylic acids is 1. The third-order valence-electron chi connectivity index (χ3n) is 2.78. The quantitative estimate of drug-likeness (QED) is 0.782. The molecule has 1 N–H and O–H groups in total. The first-order chi connectivity index (χ1) is 8.93. The highest BCUT2D eigenvalue weighted by Crippen LogP contribution is 2.19. The molecule has 0 unspecified atom stereocenters. The minimum atomic E-state index is -0.453. The van der Waals surface area contributed by atoms with Crippen molar-refractivity contribution in [3.63, 3.8) is 0 Å². The molecular weight excluding hydrogens is 402 g/mol. The fourth-order valence-corrected chi connectivity index (χ4v) is 1.88. The molecule has 0 atom stereocenters. The normalized spacial score (nSPS) is 9.62. The first kappa shape index (κ1) is 22.6. The Morgan fingerprint density at radius 1 is 1.33 bits per heavy atom. The van der Waals surface area contributed by atoms with Crippen LogP contribution in [0.15, 0.2) is 6.07 Å². The number of hydrogen-bond acceptors (Lipinski definition) is 4. The molecule has 0 fully saturated rings. The number of rotatable bonds is 5. The van der Waals surface area contributed by atoms with Crippen molar-refractivity contribution >= 4 is 45.9 Å². The van der Waals surface area contributed by atoms with Crippen molar-refractivity contribution in [1.82, 2.24) is 9.88 Å². The van der Waals surface area contributed by atoms with Crippen LogP contribution in [0.4, 0.5) is 10.6 Å². The van der Waals surface area contributed by atoms with E-state index in [4.69, 9.17) is 4.74 Å². The van der Waals surface area contributed by atoms with Gasteiger partial charge in [0, 0.05) is 12.2 Å². The molecule has 7 heteroatoms. The van der Waals surface area contributed by atoms with Crippen LogP contribution in [0, 0.1) is 13.8 Å². The topological polar surface area (TPSA) is 54.5 Å².